The van der Waals surface area contributed by atoms with Gasteiger partial charge in [-0.15, -0.1) is 11.3 Å². The lowest BCUT2D eigenvalue weighted by atomic mass is 10.2. The molecule has 0 saturated heterocycles. The molecule has 1 aliphatic rings. The van der Waals surface area contributed by atoms with Crippen molar-refractivity contribution in [2.24, 2.45) is 0 Å². The van der Waals surface area contributed by atoms with Gasteiger partial charge in [0.25, 0.3) is 0 Å². The van der Waals surface area contributed by atoms with Crippen molar-refractivity contribution in [1.82, 2.24) is 9.97 Å². The zero-order valence-electron chi connectivity index (χ0n) is 13.3. The number of nitrogens with zero attached hydrogens (tertiary/aromatic N) is 2. The van der Waals surface area contributed by atoms with E-state index < -0.39 is 0 Å². The third-order valence-electron chi connectivity index (χ3n) is 4.01. The zero-order chi connectivity index (χ0) is 16.7. The zero-order valence-corrected chi connectivity index (χ0v) is 15.7. The molecule has 0 aliphatic carbocycles. The van der Waals surface area contributed by atoms with E-state index in [4.69, 9.17) is 14.2 Å². The Balaban J connectivity index is 1.64. The van der Waals surface area contributed by atoms with E-state index in [0.29, 0.717) is 25.7 Å². The van der Waals surface area contributed by atoms with Gasteiger partial charge in [0, 0.05) is 14.9 Å². The largest absolute Gasteiger partial charge is 0.486 e. The van der Waals surface area contributed by atoms with E-state index in [-0.39, 0.29) is 0 Å². The van der Waals surface area contributed by atoms with Crippen LogP contribution < -0.4 is 14.2 Å². The lowest BCUT2D eigenvalue weighted by Gasteiger charge is -2.20. The van der Waals surface area contributed by atoms with Crippen molar-refractivity contribution in [3.63, 3.8) is 0 Å². The maximum atomic E-state index is 6.00. The molecule has 0 radical (unpaired) electrons. The fraction of sp³-hybridized carbons (Fsp3) is 0.294. The summed E-state index contributed by atoms with van der Waals surface area (Å²) >= 11 is 5.23. The minimum absolute atomic E-state index is 0.387. The van der Waals surface area contributed by atoms with Crippen LogP contribution in [-0.2, 0) is 6.61 Å². The van der Waals surface area contributed by atoms with Gasteiger partial charge in [0.2, 0.25) is 5.88 Å². The topological polar surface area (TPSA) is 53.5 Å². The van der Waals surface area contributed by atoms with Crippen LogP contribution in [0.2, 0.25) is 0 Å². The Morgan fingerprint density at radius 2 is 1.92 bits per heavy atom. The van der Waals surface area contributed by atoms with Gasteiger partial charge in [-0.05, 0) is 31.5 Å². The molecule has 0 unspecified atom stereocenters. The quantitative estimate of drug-likeness (QED) is 0.644. The lowest BCUT2D eigenvalue weighted by Crippen LogP contribution is -2.15. The van der Waals surface area contributed by atoms with Gasteiger partial charge in [0.05, 0.1) is 5.39 Å². The Labute approximate surface area is 151 Å². The van der Waals surface area contributed by atoms with Crippen LogP contribution >= 0.6 is 27.3 Å². The molecular formula is C17H15BrN2O3S. The standard InChI is InChI=1S/C17H15BrN2O3S/c1-9-10(2)24-17-15(9)16(19-8-20-17)23-7-11-5-13-14(6-12(11)18)22-4-3-21-13/h5-6,8H,3-4,7H2,1-2H3. The molecule has 0 amide bonds. The van der Waals surface area contributed by atoms with Crippen LogP contribution in [0.1, 0.15) is 16.0 Å². The smallest absolute Gasteiger partial charge is 0.225 e. The van der Waals surface area contributed by atoms with Gasteiger partial charge in [-0.25, -0.2) is 9.97 Å². The molecule has 4 rings (SSSR count). The number of hydrogen-bond donors (Lipinski definition) is 0. The van der Waals surface area contributed by atoms with Gasteiger partial charge >= 0.3 is 0 Å². The molecule has 0 N–H and O–H groups in total. The summed E-state index contributed by atoms with van der Waals surface area (Å²) in [6.07, 6.45) is 1.55. The summed E-state index contributed by atoms with van der Waals surface area (Å²) in [5, 5.41) is 0.994. The Bertz CT molecular complexity index is 926. The van der Waals surface area contributed by atoms with Crippen molar-refractivity contribution in [2.75, 3.05) is 13.2 Å². The molecule has 3 aromatic rings. The summed E-state index contributed by atoms with van der Waals surface area (Å²) < 4.78 is 18.1. The maximum Gasteiger partial charge on any atom is 0.225 e. The monoisotopic (exact) mass is 406 g/mol. The number of ether oxygens (including phenoxy) is 3. The molecule has 0 spiro atoms. The molecule has 0 atom stereocenters. The molecule has 7 heteroatoms. The summed E-state index contributed by atoms with van der Waals surface area (Å²) in [6.45, 7) is 5.69. The number of aromatic nitrogens is 2. The highest BCUT2D eigenvalue weighted by atomic mass is 79.9. The summed E-state index contributed by atoms with van der Waals surface area (Å²) in [4.78, 5) is 10.8. The van der Waals surface area contributed by atoms with Crippen molar-refractivity contribution in [1.29, 1.82) is 0 Å². The van der Waals surface area contributed by atoms with Crippen LogP contribution in [-0.4, -0.2) is 23.2 Å². The number of benzene rings is 1. The average molecular weight is 407 g/mol. The Hall–Kier alpha value is -1.86. The Kier molecular flexibility index (Phi) is 4.05. The first kappa shape index (κ1) is 15.7. The second-order valence-corrected chi connectivity index (χ2v) is 7.58. The number of aryl methyl sites for hydroxylation is 2. The van der Waals surface area contributed by atoms with E-state index in [1.165, 1.54) is 10.4 Å². The second-order valence-electron chi connectivity index (χ2n) is 5.52. The van der Waals surface area contributed by atoms with E-state index in [0.717, 1.165) is 31.8 Å². The average Bonchev–Trinajstić information content (AvgIpc) is 2.88. The van der Waals surface area contributed by atoms with Gasteiger partial charge in [0.1, 0.15) is 31.0 Å². The van der Waals surface area contributed by atoms with Crippen molar-refractivity contribution >= 4 is 37.5 Å². The van der Waals surface area contributed by atoms with Crippen LogP contribution in [0.25, 0.3) is 10.2 Å². The van der Waals surface area contributed by atoms with Crippen LogP contribution in [0.3, 0.4) is 0 Å². The third kappa shape index (κ3) is 2.71. The molecule has 0 saturated carbocycles. The molecule has 1 aliphatic heterocycles. The van der Waals surface area contributed by atoms with Crippen molar-refractivity contribution < 1.29 is 14.2 Å². The van der Waals surface area contributed by atoms with Gasteiger partial charge in [-0.2, -0.15) is 0 Å². The van der Waals surface area contributed by atoms with E-state index in [9.17, 15) is 0 Å². The lowest BCUT2D eigenvalue weighted by molar-refractivity contribution is 0.170. The van der Waals surface area contributed by atoms with E-state index in [1.807, 2.05) is 12.1 Å². The minimum atomic E-state index is 0.387. The molecule has 0 fully saturated rings. The Morgan fingerprint density at radius 3 is 2.71 bits per heavy atom. The number of fused-ring (bicyclic) bond motifs is 2. The predicted molar refractivity (Wildman–Crippen MR) is 96.4 cm³/mol. The number of hydrogen-bond acceptors (Lipinski definition) is 6. The number of rotatable bonds is 3. The number of thiophene rings is 1. The van der Waals surface area contributed by atoms with Crippen molar-refractivity contribution in [3.8, 4) is 17.4 Å². The van der Waals surface area contributed by atoms with Crippen LogP contribution in [0.5, 0.6) is 17.4 Å². The predicted octanol–water partition coefficient (Wildman–Crippen LogP) is 4.42. The molecular weight excluding hydrogens is 392 g/mol. The normalized spacial score (nSPS) is 13.3. The maximum absolute atomic E-state index is 6.00. The molecule has 3 heterocycles. The van der Waals surface area contributed by atoms with Crippen molar-refractivity contribution in [2.45, 2.75) is 20.5 Å². The molecule has 1 aromatic carbocycles. The fourth-order valence-electron chi connectivity index (χ4n) is 2.62. The molecule has 24 heavy (non-hydrogen) atoms. The molecule has 5 nitrogen and oxygen atoms in total. The summed E-state index contributed by atoms with van der Waals surface area (Å²) in [5.74, 6) is 2.12. The SMILES string of the molecule is Cc1sc2ncnc(OCc3cc4c(cc3Br)OCCO4)c2c1C. The molecule has 124 valence electrons. The van der Waals surface area contributed by atoms with Crippen LogP contribution in [0, 0.1) is 13.8 Å². The number of halogens is 1. The third-order valence-corrected chi connectivity index (χ3v) is 5.86. The van der Waals surface area contributed by atoms with Gasteiger partial charge in [0.15, 0.2) is 11.5 Å². The highest BCUT2D eigenvalue weighted by molar-refractivity contribution is 9.10. The van der Waals surface area contributed by atoms with Gasteiger partial charge in [-0.3, -0.25) is 0 Å². The van der Waals surface area contributed by atoms with Crippen LogP contribution in [0.4, 0.5) is 0 Å². The first-order valence-corrected chi connectivity index (χ1v) is 9.16. The van der Waals surface area contributed by atoms with E-state index in [1.54, 1.807) is 17.7 Å². The second kappa shape index (κ2) is 6.22. The summed E-state index contributed by atoms with van der Waals surface area (Å²) in [5.41, 5.74) is 2.16. The van der Waals surface area contributed by atoms with Crippen molar-refractivity contribution in [3.05, 3.63) is 38.9 Å². The summed E-state index contributed by atoms with van der Waals surface area (Å²) in [7, 11) is 0. The molecule has 2 aromatic heterocycles. The van der Waals surface area contributed by atoms with Crippen LogP contribution in [0.15, 0.2) is 22.9 Å². The highest BCUT2D eigenvalue weighted by Crippen LogP contribution is 2.37. The van der Waals surface area contributed by atoms with E-state index >= 15 is 0 Å². The Morgan fingerprint density at radius 1 is 1.17 bits per heavy atom. The van der Waals surface area contributed by atoms with E-state index in [2.05, 4.69) is 39.7 Å². The first-order valence-electron chi connectivity index (χ1n) is 7.55. The first-order chi connectivity index (χ1) is 11.6. The molecule has 0 bridgehead atoms. The van der Waals surface area contributed by atoms with Gasteiger partial charge < -0.3 is 14.2 Å². The highest BCUT2D eigenvalue weighted by Gasteiger charge is 2.17. The van der Waals surface area contributed by atoms with Gasteiger partial charge in [-0.1, -0.05) is 15.9 Å². The minimum Gasteiger partial charge on any atom is -0.486 e. The fourth-order valence-corrected chi connectivity index (χ4v) is 4.05. The summed E-state index contributed by atoms with van der Waals surface area (Å²) in [6, 6.07) is 3.87.